The van der Waals surface area contributed by atoms with Crippen LogP contribution in [-0.2, 0) is 19.2 Å². The Bertz CT molecular complexity index is 633. The minimum atomic E-state index is -1.20. The van der Waals surface area contributed by atoms with Crippen molar-refractivity contribution in [2.24, 2.45) is 17.4 Å². The van der Waals surface area contributed by atoms with Crippen molar-refractivity contribution in [1.82, 2.24) is 15.5 Å². The average molecular weight is 460 g/mol. The third-order valence-electron chi connectivity index (χ3n) is 5.26. The fraction of sp³-hybridized carbons (Fsp3) is 0.800. The van der Waals surface area contributed by atoms with E-state index in [-0.39, 0.29) is 17.6 Å². The first kappa shape index (κ1) is 27.2. The van der Waals surface area contributed by atoms with Crippen LogP contribution in [0, 0.1) is 5.92 Å². The van der Waals surface area contributed by atoms with Crippen molar-refractivity contribution < 1.29 is 24.3 Å². The van der Waals surface area contributed by atoms with Gasteiger partial charge in [0.2, 0.25) is 17.7 Å². The molecular formula is C20H37N5O5S. The molecule has 3 amide bonds. The number of hydrogen-bond donors (Lipinski definition) is 6. The Morgan fingerprint density at radius 2 is 1.84 bits per heavy atom. The van der Waals surface area contributed by atoms with Crippen molar-refractivity contribution in [2.45, 2.75) is 76.5 Å². The lowest BCUT2D eigenvalue weighted by Gasteiger charge is -2.29. The monoisotopic (exact) mass is 459 g/mol. The van der Waals surface area contributed by atoms with Gasteiger partial charge in [0.25, 0.3) is 0 Å². The maximum absolute atomic E-state index is 13.0. The van der Waals surface area contributed by atoms with Gasteiger partial charge in [-0.05, 0) is 44.6 Å². The Kier molecular flexibility index (Phi) is 11.9. The predicted octanol–water partition coefficient (Wildman–Crippen LogP) is -0.536. The largest absolute Gasteiger partial charge is 0.480 e. The number of likely N-dealkylation sites (tertiary alicyclic amines) is 1. The highest BCUT2D eigenvalue weighted by Crippen LogP contribution is 2.20. The van der Waals surface area contributed by atoms with Crippen LogP contribution in [0.1, 0.15) is 52.4 Å². The van der Waals surface area contributed by atoms with Gasteiger partial charge in [-0.25, -0.2) is 4.79 Å². The minimum Gasteiger partial charge on any atom is -0.480 e. The molecule has 1 aliphatic heterocycles. The van der Waals surface area contributed by atoms with Crippen LogP contribution in [-0.4, -0.2) is 76.7 Å². The summed E-state index contributed by atoms with van der Waals surface area (Å²) in [6.45, 7) is 4.76. The molecule has 1 heterocycles. The molecule has 7 N–H and O–H groups in total. The Morgan fingerprint density at radius 3 is 2.39 bits per heavy atom. The maximum Gasteiger partial charge on any atom is 0.327 e. The lowest BCUT2D eigenvalue weighted by atomic mass is 10.0. The van der Waals surface area contributed by atoms with E-state index in [1.54, 1.807) is 0 Å². The zero-order chi connectivity index (χ0) is 23.6. The first-order valence-corrected chi connectivity index (χ1v) is 11.5. The summed E-state index contributed by atoms with van der Waals surface area (Å²) in [7, 11) is 0. The molecular weight excluding hydrogens is 422 g/mol. The number of nitrogens with two attached hydrogens (primary N) is 2. The number of carbonyl (C=O) groups is 4. The van der Waals surface area contributed by atoms with Crippen LogP contribution in [0.25, 0.3) is 0 Å². The third kappa shape index (κ3) is 8.66. The van der Waals surface area contributed by atoms with Gasteiger partial charge in [0.15, 0.2) is 0 Å². The highest BCUT2D eigenvalue weighted by atomic mass is 32.1. The topological polar surface area (TPSA) is 168 Å². The molecule has 0 radical (unpaired) electrons. The standard InChI is InChI=1S/C20H37N5O5S/c1-12(2)10-14(17(26)24-15(11-31)20(29)30)23-18(27)16-7-5-9-25(16)19(28)13(22)6-3-4-8-21/h12-16,31H,3-11,21-22H2,1-2H3,(H,23,27)(H,24,26)(H,29,30). The molecule has 4 atom stereocenters. The van der Waals surface area contributed by atoms with E-state index in [1.807, 2.05) is 13.8 Å². The van der Waals surface area contributed by atoms with Gasteiger partial charge in [0.1, 0.15) is 18.1 Å². The van der Waals surface area contributed by atoms with Crippen LogP contribution in [0.5, 0.6) is 0 Å². The van der Waals surface area contributed by atoms with Crippen LogP contribution in [0.2, 0.25) is 0 Å². The molecule has 10 nitrogen and oxygen atoms in total. The lowest BCUT2D eigenvalue weighted by Crippen LogP contribution is -2.57. The Labute approximate surface area is 189 Å². The van der Waals surface area contributed by atoms with Gasteiger partial charge in [-0.2, -0.15) is 12.6 Å². The number of rotatable bonds is 13. The summed E-state index contributed by atoms with van der Waals surface area (Å²) in [6.07, 6.45) is 3.50. The SMILES string of the molecule is CC(C)CC(NC(=O)C1CCCN1C(=O)C(N)CCCCN)C(=O)NC(CS)C(=O)O. The number of amides is 3. The van der Waals surface area contributed by atoms with Crippen LogP contribution in [0.3, 0.4) is 0 Å². The summed E-state index contributed by atoms with van der Waals surface area (Å²) < 4.78 is 0. The van der Waals surface area contributed by atoms with Gasteiger partial charge in [-0.15, -0.1) is 0 Å². The van der Waals surface area contributed by atoms with Gasteiger partial charge in [-0.3, -0.25) is 14.4 Å². The highest BCUT2D eigenvalue weighted by Gasteiger charge is 2.37. The van der Waals surface area contributed by atoms with Crippen LogP contribution >= 0.6 is 12.6 Å². The van der Waals surface area contributed by atoms with E-state index in [4.69, 9.17) is 16.6 Å². The van der Waals surface area contributed by atoms with Gasteiger partial charge >= 0.3 is 5.97 Å². The number of aliphatic carboxylic acids is 1. The van der Waals surface area contributed by atoms with Crippen LogP contribution in [0.4, 0.5) is 0 Å². The fourth-order valence-electron chi connectivity index (χ4n) is 3.58. The Balaban J connectivity index is 2.82. The molecule has 0 aliphatic carbocycles. The number of unbranched alkanes of at least 4 members (excludes halogenated alkanes) is 1. The average Bonchev–Trinajstić information content (AvgIpc) is 3.20. The molecule has 1 rings (SSSR count). The number of carboxylic acids is 1. The maximum atomic E-state index is 13.0. The first-order valence-electron chi connectivity index (χ1n) is 10.8. The molecule has 0 bridgehead atoms. The van der Waals surface area contributed by atoms with E-state index >= 15 is 0 Å². The van der Waals surface area contributed by atoms with Crippen molar-refractivity contribution in [3.8, 4) is 0 Å². The van der Waals surface area contributed by atoms with E-state index in [1.165, 1.54) is 4.90 Å². The molecule has 0 saturated carbocycles. The molecule has 0 aromatic heterocycles. The van der Waals surface area contributed by atoms with E-state index in [0.29, 0.717) is 38.8 Å². The quantitative estimate of drug-likeness (QED) is 0.159. The first-order chi connectivity index (χ1) is 14.6. The number of carbonyl (C=O) groups excluding carboxylic acids is 3. The molecule has 0 aromatic rings. The number of carboxylic acid groups (broad SMARTS) is 1. The summed E-state index contributed by atoms with van der Waals surface area (Å²) in [5.41, 5.74) is 11.5. The summed E-state index contributed by atoms with van der Waals surface area (Å²) in [4.78, 5) is 51.0. The second kappa shape index (κ2) is 13.5. The van der Waals surface area contributed by atoms with E-state index in [0.717, 1.165) is 12.8 Å². The van der Waals surface area contributed by atoms with Crippen molar-refractivity contribution in [3.05, 3.63) is 0 Å². The summed E-state index contributed by atoms with van der Waals surface area (Å²) in [6, 6.07) is -3.46. The van der Waals surface area contributed by atoms with Gasteiger partial charge in [0, 0.05) is 12.3 Å². The highest BCUT2D eigenvalue weighted by molar-refractivity contribution is 7.80. The van der Waals surface area contributed by atoms with Crippen LogP contribution < -0.4 is 22.1 Å². The molecule has 31 heavy (non-hydrogen) atoms. The number of hydrogen-bond acceptors (Lipinski definition) is 7. The molecule has 4 unspecified atom stereocenters. The Morgan fingerprint density at radius 1 is 1.16 bits per heavy atom. The second-order valence-corrected chi connectivity index (χ2v) is 8.72. The predicted molar refractivity (Wildman–Crippen MR) is 120 cm³/mol. The van der Waals surface area contributed by atoms with Crippen molar-refractivity contribution in [3.63, 3.8) is 0 Å². The lowest BCUT2D eigenvalue weighted by molar-refractivity contribution is -0.142. The van der Waals surface area contributed by atoms with E-state index < -0.39 is 42.0 Å². The fourth-order valence-corrected chi connectivity index (χ4v) is 3.82. The smallest absolute Gasteiger partial charge is 0.327 e. The summed E-state index contributed by atoms with van der Waals surface area (Å²) in [5, 5.41) is 14.3. The van der Waals surface area contributed by atoms with Gasteiger partial charge in [-0.1, -0.05) is 20.3 Å². The summed E-state index contributed by atoms with van der Waals surface area (Å²) >= 11 is 3.95. The van der Waals surface area contributed by atoms with Crippen LogP contribution in [0.15, 0.2) is 0 Å². The van der Waals surface area contributed by atoms with E-state index in [9.17, 15) is 19.2 Å². The van der Waals surface area contributed by atoms with E-state index in [2.05, 4.69) is 23.3 Å². The van der Waals surface area contributed by atoms with Crippen molar-refractivity contribution in [2.75, 3.05) is 18.8 Å². The molecule has 178 valence electrons. The molecule has 0 aromatic carbocycles. The molecule has 1 aliphatic rings. The van der Waals surface area contributed by atoms with Gasteiger partial charge in [0.05, 0.1) is 6.04 Å². The molecule has 0 spiro atoms. The number of nitrogens with zero attached hydrogens (tertiary/aromatic N) is 1. The third-order valence-corrected chi connectivity index (χ3v) is 5.63. The zero-order valence-electron chi connectivity index (χ0n) is 18.4. The molecule has 11 heteroatoms. The summed E-state index contributed by atoms with van der Waals surface area (Å²) in [5.74, 6) is -2.49. The van der Waals surface area contributed by atoms with Crippen molar-refractivity contribution in [1.29, 1.82) is 0 Å². The van der Waals surface area contributed by atoms with Gasteiger partial charge < -0.3 is 32.1 Å². The van der Waals surface area contributed by atoms with Crippen molar-refractivity contribution >= 4 is 36.3 Å². The minimum absolute atomic E-state index is 0.0730. The number of thiol groups is 1. The zero-order valence-corrected chi connectivity index (χ0v) is 19.3. The molecule has 1 fully saturated rings. The normalized spacial score (nSPS) is 19.0. The second-order valence-electron chi connectivity index (χ2n) is 8.35. The number of nitrogens with one attached hydrogen (secondary N) is 2. The Hall–Kier alpha value is -1.85. The molecule has 1 saturated heterocycles.